The summed E-state index contributed by atoms with van der Waals surface area (Å²) in [6.45, 7) is 5.45. The first-order valence-electron chi connectivity index (χ1n) is 10.8. The Morgan fingerprint density at radius 2 is 1.93 bits per heavy atom. The lowest BCUT2D eigenvalue weighted by Gasteiger charge is -2.51. The number of hydrogen-bond acceptors (Lipinski definition) is 5. The van der Waals surface area contributed by atoms with Crippen molar-refractivity contribution in [3.8, 4) is 11.5 Å². The van der Waals surface area contributed by atoms with Gasteiger partial charge in [-0.3, -0.25) is 0 Å². The molecule has 0 bridgehead atoms. The maximum Gasteiger partial charge on any atom is 0.200 e. The molecule has 2 aromatic rings. The van der Waals surface area contributed by atoms with Crippen LogP contribution in [0.4, 0.5) is 0 Å². The van der Waals surface area contributed by atoms with Crippen molar-refractivity contribution in [3.05, 3.63) is 58.1 Å². The minimum Gasteiger partial charge on any atom is -0.493 e. The predicted octanol–water partition coefficient (Wildman–Crippen LogP) is 5.20. The second kappa shape index (κ2) is 7.89. The molecule has 0 saturated carbocycles. The molecule has 5 nitrogen and oxygen atoms in total. The number of halogens is 1. The Morgan fingerprint density at radius 1 is 1.17 bits per heavy atom. The molecule has 1 saturated heterocycles. The van der Waals surface area contributed by atoms with Crippen molar-refractivity contribution in [1.82, 2.24) is 9.91 Å². The minimum atomic E-state index is -0.409. The molecule has 3 heterocycles. The van der Waals surface area contributed by atoms with Gasteiger partial charge < -0.3 is 14.4 Å². The Hall–Kier alpha value is -2.05. The third kappa shape index (κ3) is 3.30. The lowest BCUT2D eigenvalue weighted by Crippen LogP contribution is -2.59. The summed E-state index contributed by atoms with van der Waals surface area (Å²) in [7, 11) is 1.72. The van der Waals surface area contributed by atoms with Crippen LogP contribution < -0.4 is 9.47 Å². The van der Waals surface area contributed by atoms with E-state index in [9.17, 15) is 0 Å². The van der Waals surface area contributed by atoms with E-state index in [4.69, 9.17) is 14.6 Å². The maximum absolute atomic E-state index is 6.79. The van der Waals surface area contributed by atoms with E-state index in [0.29, 0.717) is 0 Å². The first-order chi connectivity index (χ1) is 14.6. The SMILES string of the molecule is CCCN1CCC2(CC1)Oc1c(OC)cccc1C1CC(c3ccc(Br)cc3)=NN12. The van der Waals surface area contributed by atoms with Gasteiger partial charge in [0.25, 0.3) is 0 Å². The number of fused-ring (bicyclic) bond motifs is 4. The molecule has 3 aliphatic rings. The maximum atomic E-state index is 6.79. The normalized spacial score (nSPS) is 22.3. The van der Waals surface area contributed by atoms with E-state index in [1.807, 2.05) is 6.07 Å². The van der Waals surface area contributed by atoms with Gasteiger partial charge in [-0.25, -0.2) is 5.01 Å². The molecule has 2 aromatic carbocycles. The lowest BCUT2D eigenvalue weighted by molar-refractivity contribution is -0.150. The second-order valence-electron chi connectivity index (χ2n) is 8.39. The summed E-state index contributed by atoms with van der Waals surface area (Å²) in [5.41, 5.74) is 3.07. The van der Waals surface area contributed by atoms with Crippen molar-refractivity contribution in [3.63, 3.8) is 0 Å². The molecule has 30 heavy (non-hydrogen) atoms. The Kier molecular flexibility index (Phi) is 5.23. The van der Waals surface area contributed by atoms with Crippen LogP contribution in [0.15, 0.2) is 52.0 Å². The van der Waals surface area contributed by atoms with E-state index in [0.717, 1.165) is 60.6 Å². The smallest absolute Gasteiger partial charge is 0.200 e. The molecule has 0 amide bonds. The lowest BCUT2D eigenvalue weighted by atomic mass is 9.90. The highest BCUT2D eigenvalue weighted by Gasteiger charge is 2.52. The van der Waals surface area contributed by atoms with Crippen LogP contribution in [0.5, 0.6) is 11.5 Å². The van der Waals surface area contributed by atoms with Gasteiger partial charge in [0.2, 0.25) is 5.72 Å². The Morgan fingerprint density at radius 3 is 2.63 bits per heavy atom. The molecule has 0 radical (unpaired) electrons. The summed E-state index contributed by atoms with van der Waals surface area (Å²) in [5.74, 6) is 1.72. The number of likely N-dealkylation sites (tertiary alicyclic amines) is 1. The van der Waals surface area contributed by atoms with Crippen LogP contribution >= 0.6 is 15.9 Å². The largest absolute Gasteiger partial charge is 0.493 e. The van der Waals surface area contributed by atoms with Crippen molar-refractivity contribution in [2.75, 3.05) is 26.7 Å². The third-order valence-electron chi connectivity index (χ3n) is 6.56. The zero-order valence-electron chi connectivity index (χ0n) is 17.6. The summed E-state index contributed by atoms with van der Waals surface area (Å²) in [4.78, 5) is 2.54. The number of hydrazone groups is 1. The summed E-state index contributed by atoms with van der Waals surface area (Å²) in [6, 6.07) is 14.9. The average molecular weight is 470 g/mol. The predicted molar refractivity (Wildman–Crippen MR) is 122 cm³/mol. The summed E-state index contributed by atoms with van der Waals surface area (Å²) in [5, 5.41) is 7.44. The van der Waals surface area contributed by atoms with Gasteiger partial charge >= 0.3 is 0 Å². The van der Waals surface area contributed by atoms with E-state index < -0.39 is 5.72 Å². The molecule has 1 unspecified atom stereocenters. The number of methoxy groups -OCH3 is 1. The molecule has 0 N–H and O–H groups in total. The molecule has 3 aliphatic heterocycles. The number of para-hydroxylation sites is 1. The van der Waals surface area contributed by atoms with Crippen LogP contribution in [-0.2, 0) is 0 Å². The van der Waals surface area contributed by atoms with Gasteiger partial charge in [-0.15, -0.1) is 0 Å². The number of nitrogens with zero attached hydrogens (tertiary/aromatic N) is 3. The van der Waals surface area contributed by atoms with E-state index >= 15 is 0 Å². The van der Waals surface area contributed by atoms with Crippen molar-refractivity contribution >= 4 is 21.6 Å². The van der Waals surface area contributed by atoms with Crippen molar-refractivity contribution in [2.45, 2.75) is 44.4 Å². The van der Waals surface area contributed by atoms with Gasteiger partial charge in [0.15, 0.2) is 11.5 Å². The molecule has 5 rings (SSSR count). The minimum absolute atomic E-state index is 0.181. The zero-order valence-corrected chi connectivity index (χ0v) is 19.2. The first kappa shape index (κ1) is 19.9. The Balaban J connectivity index is 1.54. The molecule has 158 valence electrons. The number of benzene rings is 2. The second-order valence-corrected chi connectivity index (χ2v) is 9.30. The molecule has 0 aliphatic carbocycles. The summed E-state index contributed by atoms with van der Waals surface area (Å²) >= 11 is 3.54. The number of piperidine rings is 1. The number of hydrogen-bond donors (Lipinski definition) is 0. The Labute approximate surface area is 186 Å². The molecule has 0 aromatic heterocycles. The summed E-state index contributed by atoms with van der Waals surface area (Å²) < 4.78 is 13.6. The monoisotopic (exact) mass is 469 g/mol. The number of ether oxygens (including phenoxy) is 2. The number of rotatable bonds is 4. The van der Waals surface area contributed by atoms with Crippen LogP contribution in [0.2, 0.25) is 0 Å². The quantitative estimate of drug-likeness (QED) is 0.616. The van der Waals surface area contributed by atoms with Crippen LogP contribution in [0, 0.1) is 0 Å². The Bertz CT molecular complexity index is 951. The van der Waals surface area contributed by atoms with E-state index in [1.165, 1.54) is 17.5 Å². The van der Waals surface area contributed by atoms with Crippen LogP contribution in [-0.4, -0.2) is 48.1 Å². The molecule has 1 fully saturated rings. The van der Waals surface area contributed by atoms with Crippen molar-refractivity contribution in [2.24, 2.45) is 5.10 Å². The third-order valence-corrected chi connectivity index (χ3v) is 7.09. The molecular formula is C24H28BrN3O2. The van der Waals surface area contributed by atoms with Crippen molar-refractivity contribution in [1.29, 1.82) is 0 Å². The molecule has 1 spiro atoms. The van der Waals surface area contributed by atoms with Gasteiger partial charge in [-0.05, 0) is 36.7 Å². The fourth-order valence-corrected chi connectivity index (χ4v) is 5.28. The van der Waals surface area contributed by atoms with Crippen LogP contribution in [0.1, 0.15) is 49.8 Å². The average Bonchev–Trinajstić information content (AvgIpc) is 3.23. The zero-order chi connectivity index (χ0) is 20.7. The van der Waals surface area contributed by atoms with Gasteiger partial charge in [0.1, 0.15) is 0 Å². The van der Waals surface area contributed by atoms with Gasteiger partial charge in [0, 0.05) is 42.4 Å². The topological polar surface area (TPSA) is 37.3 Å². The van der Waals surface area contributed by atoms with E-state index in [2.05, 4.69) is 69.2 Å². The van der Waals surface area contributed by atoms with Gasteiger partial charge in [-0.2, -0.15) is 5.10 Å². The highest BCUT2D eigenvalue weighted by atomic mass is 79.9. The van der Waals surface area contributed by atoms with Gasteiger partial charge in [-0.1, -0.05) is 47.1 Å². The van der Waals surface area contributed by atoms with Crippen LogP contribution in [0.25, 0.3) is 0 Å². The first-order valence-corrected chi connectivity index (χ1v) is 11.6. The molecule has 1 atom stereocenters. The summed E-state index contributed by atoms with van der Waals surface area (Å²) in [6.07, 6.45) is 3.95. The molecular weight excluding hydrogens is 442 g/mol. The fraction of sp³-hybridized carbons (Fsp3) is 0.458. The van der Waals surface area contributed by atoms with Gasteiger partial charge in [0.05, 0.1) is 18.9 Å². The highest BCUT2D eigenvalue weighted by molar-refractivity contribution is 9.10. The van der Waals surface area contributed by atoms with E-state index in [-0.39, 0.29) is 6.04 Å². The highest BCUT2D eigenvalue weighted by Crippen LogP contribution is 2.52. The molecule has 6 heteroatoms. The fourth-order valence-electron chi connectivity index (χ4n) is 5.02. The standard InChI is InChI=1S/C24H28BrN3O2/c1-3-13-27-14-11-24(12-15-27)28-21(19-5-4-6-22(29-2)23(19)30-24)16-20(26-28)17-7-9-18(25)10-8-17/h4-10,21H,3,11-16H2,1-2H3. The van der Waals surface area contributed by atoms with Crippen molar-refractivity contribution < 1.29 is 9.47 Å². The van der Waals surface area contributed by atoms with Crippen LogP contribution in [0.3, 0.4) is 0 Å². The van der Waals surface area contributed by atoms with E-state index in [1.54, 1.807) is 7.11 Å².